The maximum atomic E-state index is 12.9. The summed E-state index contributed by atoms with van der Waals surface area (Å²) in [5, 5.41) is 16.1. The molecule has 2 fully saturated rings. The molecule has 1 saturated heterocycles. The quantitative estimate of drug-likeness (QED) is 0.345. The van der Waals surface area contributed by atoms with Crippen LogP contribution in [-0.4, -0.2) is 40.8 Å². The molecule has 0 spiro atoms. The summed E-state index contributed by atoms with van der Waals surface area (Å²) in [6, 6.07) is 5.30. The van der Waals surface area contributed by atoms with E-state index in [1.54, 1.807) is 23.1 Å². The van der Waals surface area contributed by atoms with Crippen LogP contribution < -0.4 is 5.32 Å². The Kier molecular flexibility index (Phi) is 6.94. The van der Waals surface area contributed by atoms with Crippen LogP contribution in [-0.2, 0) is 4.79 Å². The highest BCUT2D eigenvalue weighted by molar-refractivity contribution is 6.31. The first-order valence-corrected chi connectivity index (χ1v) is 10.5. The fourth-order valence-corrected chi connectivity index (χ4v) is 4.37. The summed E-state index contributed by atoms with van der Waals surface area (Å²) in [7, 11) is 0. The van der Waals surface area contributed by atoms with Crippen LogP contribution in [0.2, 0.25) is 5.02 Å². The van der Waals surface area contributed by atoms with Crippen molar-refractivity contribution < 1.29 is 14.8 Å². The van der Waals surface area contributed by atoms with Crippen molar-refractivity contribution in [2.24, 2.45) is 17.0 Å². The van der Waals surface area contributed by atoms with Crippen molar-refractivity contribution in [3.05, 3.63) is 34.3 Å². The number of hydrogen-bond acceptors (Lipinski definition) is 4. The number of nitrogens with zero attached hydrogens (tertiary/aromatic N) is 2. The summed E-state index contributed by atoms with van der Waals surface area (Å²) in [6.07, 6.45) is 6.71. The molecule has 1 aliphatic carbocycles. The van der Waals surface area contributed by atoms with Gasteiger partial charge in [0.15, 0.2) is 5.84 Å². The average molecular weight is 406 g/mol. The fraction of sp³-hybridized carbons (Fsp3) is 0.571. The van der Waals surface area contributed by atoms with Crippen LogP contribution in [0.1, 0.15) is 60.9 Å². The van der Waals surface area contributed by atoms with Crippen molar-refractivity contribution in [3.8, 4) is 0 Å². The molecular formula is C21H28ClN3O3. The number of hydrogen-bond donors (Lipinski definition) is 2. The highest BCUT2D eigenvalue weighted by atomic mass is 35.5. The molecule has 1 aliphatic heterocycles. The van der Waals surface area contributed by atoms with Gasteiger partial charge in [-0.1, -0.05) is 42.1 Å². The van der Waals surface area contributed by atoms with E-state index in [1.807, 2.05) is 6.92 Å². The van der Waals surface area contributed by atoms with Gasteiger partial charge < -0.3 is 15.4 Å². The van der Waals surface area contributed by atoms with Gasteiger partial charge in [-0.2, -0.15) is 0 Å². The number of likely N-dealkylation sites (tertiary alicyclic amines) is 1. The van der Waals surface area contributed by atoms with Crippen molar-refractivity contribution in [1.29, 1.82) is 0 Å². The van der Waals surface area contributed by atoms with Crippen molar-refractivity contribution in [3.63, 3.8) is 0 Å². The van der Waals surface area contributed by atoms with E-state index in [2.05, 4.69) is 10.5 Å². The van der Waals surface area contributed by atoms with E-state index >= 15 is 0 Å². The lowest BCUT2D eigenvalue weighted by Crippen LogP contribution is -2.48. The van der Waals surface area contributed by atoms with Gasteiger partial charge in [0.05, 0.1) is 5.92 Å². The van der Waals surface area contributed by atoms with Crippen LogP contribution in [0.3, 0.4) is 0 Å². The molecule has 152 valence electrons. The van der Waals surface area contributed by atoms with E-state index in [0.717, 1.165) is 37.7 Å². The smallest absolute Gasteiger partial charge is 0.254 e. The molecule has 1 atom stereocenters. The summed E-state index contributed by atoms with van der Waals surface area (Å²) < 4.78 is 0. The monoisotopic (exact) mass is 405 g/mol. The lowest BCUT2D eigenvalue weighted by Gasteiger charge is -2.33. The number of amidine groups is 1. The highest BCUT2D eigenvalue weighted by Gasteiger charge is 2.31. The van der Waals surface area contributed by atoms with Gasteiger partial charge in [0, 0.05) is 29.6 Å². The number of piperidine rings is 1. The minimum atomic E-state index is -0.308. The number of carbonyl (C=O) groups excluding carboxylic acids is 2. The van der Waals surface area contributed by atoms with Gasteiger partial charge in [0.1, 0.15) is 0 Å². The number of oxime groups is 1. The molecule has 0 bridgehead atoms. The zero-order chi connectivity index (χ0) is 20.1. The van der Waals surface area contributed by atoms with Gasteiger partial charge in [0.25, 0.3) is 5.91 Å². The lowest BCUT2D eigenvalue weighted by molar-refractivity contribution is -0.125. The third kappa shape index (κ3) is 4.66. The topological polar surface area (TPSA) is 82.0 Å². The molecule has 1 saturated carbocycles. The molecule has 2 aliphatic rings. The largest absolute Gasteiger partial charge is 0.409 e. The second-order valence-corrected chi connectivity index (χ2v) is 8.22. The molecule has 1 aromatic rings. The average Bonchev–Trinajstić information content (AvgIpc) is 2.74. The zero-order valence-corrected chi connectivity index (χ0v) is 17.0. The van der Waals surface area contributed by atoms with Crippen LogP contribution >= 0.6 is 11.6 Å². The van der Waals surface area contributed by atoms with Crippen molar-refractivity contribution in [2.45, 2.75) is 51.9 Å². The molecular weight excluding hydrogens is 378 g/mol. The Morgan fingerprint density at radius 3 is 2.57 bits per heavy atom. The highest BCUT2D eigenvalue weighted by Crippen LogP contribution is 2.26. The Hall–Kier alpha value is -2.08. The number of rotatable bonds is 3. The van der Waals surface area contributed by atoms with Crippen molar-refractivity contribution >= 4 is 29.3 Å². The third-order valence-electron chi connectivity index (χ3n) is 5.93. The van der Waals surface area contributed by atoms with Gasteiger partial charge >= 0.3 is 0 Å². The predicted molar refractivity (Wildman–Crippen MR) is 109 cm³/mol. The molecule has 0 aromatic heterocycles. The third-order valence-corrected chi connectivity index (χ3v) is 6.34. The summed E-state index contributed by atoms with van der Waals surface area (Å²) in [5.74, 6) is -0.0889. The first-order valence-electron chi connectivity index (χ1n) is 10.1. The number of benzene rings is 1. The Bertz CT molecular complexity index is 759. The molecule has 0 radical (unpaired) electrons. The molecule has 1 heterocycles. The Morgan fingerprint density at radius 1 is 1.14 bits per heavy atom. The van der Waals surface area contributed by atoms with E-state index in [0.29, 0.717) is 35.9 Å². The minimum absolute atomic E-state index is 0.0965. The summed E-state index contributed by atoms with van der Waals surface area (Å²) in [4.78, 5) is 27.4. The van der Waals surface area contributed by atoms with E-state index in [9.17, 15) is 14.8 Å². The standard InChI is InChI=1S/C21H28ClN3O3/c1-14-17(10-5-11-18(14)22)21(27)25-12-6-9-16(13-25)20(26)23-19(24-28)15-7-3-2-4-8-15/h5,10-11,15-16,28H,2-4,6-9,12-13H2,1H3,(H,23,24,26)/t16-/m0/s1. The predicted octanol–water partition coefficient (Wildman–Crippen LogP) is 3.98. The molecule has 1 aromatic carbocycles. The number of halogens is 1. The maximum absolute atomic E-state index is 12.9. The van der Waals surface area contributed by atoms with Gasteiger partial charge in [-0.05, 0) is 50.3 Å². The van der Waals surface area contributed by atoms with Crippen molar-refractivity contribution in [1.82, 2.24) is 10.2 Å². The Balaban J connectivity index is 1.64. The van der Waals surface area contributed by atoms with Gasteiger partial charge in [-0.25, -0.2) is 0 Å². The fourth-order valence-electron chi connectivity index (χ4n) is 4.20. The van der Waals surface area contributed by atoms with Crippen LogP contribution in [0.5, 0.6) is 0 Å². The second kappa shape index (κ2) is 9.41. The van der Waals surface area contributed by atoms with Crippen LogP contribution in [0.15, 0.2) is 23.4 Å². The Labute approximate surface area is 170 Å². The SMILES string of the molecule is Cc1c(Cl)cccc1C(=O)N1CCC[C@H](C(=O)N/C(=N\O)C2CCCCC2)C1. The number of amides is 2. The molecule has 6 nitrogen and oxygen atoms in total. The van der Waals surface area contributed by atoms with Gasteiger partial charge in [0.2, 0.25) is 5.91 Å². The van der Waals surface area contributed by atoms with Crippen LogP contribution in [0.4, 0.5) is 0 Å². The summed E-state index contributed by atoms with van der Waals surface area (Å²) in [6.45, 7) is 2.82. The second-order valence-electron chi connectivity index (χ2n) is 7.81. The zero-order valence-electron chi connectivity index (χ0n) is 16.3. The molecule has 3 rings (SSSR count). The summed E-state index contributed by atoms with van der Waals surface area (Å²) >= 11 is 6.15. The molecule has 28 heavy (non-hydrogen) atoms. The van der Waals surface area contributed by atoms with Crippen LogP contribution in [0, 0.1) is 18.8 Å². The first kappa shape index (κ1) is 20.6. The first-order chi connectivity index (χ1) is 13.5. The normalized spacial score (nSPS) is 21.4. The van der Waals surface area contributed by atoms with E-state index in [-0.39, 0.29) is 23.7 Å². The van der Waals surface area contributed by atoms with E-state index in [4.69, 9.17) is 11.6 Å². The van der Waals surface area contributed by atoms with Crippen LogP contribution in [0.25, 0.3) is 0 Å². The molecule has 2 amide bonds. The molecule has 7 heteroatoms. The number of nitrogens with one attached hydrogen (secondary N) is 1. The van der Waals surface area contributed by atoms with E-state index < -0.39 is 0 Å². The van der Waals surface area contributed by atoms with Gasteiger partial charge in [-0.3, -0.25) is 9.59 Å². The minimum Gasteiger partial charge on any atom is -0.409 e. The maximum Gasteiger partial charge on any atom is 0.254 e. The van der Waals surface area contributed by atoms with E-state index in [1.165, 1.54) is 6.42 Å². The molecule has 0 unspecified atom stereocenters. The number of carbonyl (C=O) groups is 2. The van der Waals surface area contributed by atoms with Gasteiger partial charge in [-0.15, -0.1) is 0 Å². The summed E-state index contributed by atoms with van der Waals surface area (Å²) in [5.41, 5.74) is 1.33. The lowest BCUT2D eigenvalue weighted by atomic mass is 9.88. The Morgan fingerprint density at radius 2 is 1.86 bits per heavy atom. The molecule has 2 N–H and O–H groups in total. The van der Waals surface area contributed by atoms with Crippen molar-refractivity contribution in [2.75, 3.05) is 13.1 Å².